The molecule has 3 aromatic carbocycles. The highest BCUT2D eigenvalue weighted by molar-refractivity contribution is 6.05. The molecule has 0 spiro atoms. The molecule has 1 fully saturated rings. The van der Waals surface area contributed by atoms with Crippen LogP contribution in [0.15, 0.2) is 66.7 Å². The van der Waals surface area contributed by atoms with Gasteiger partial charge >= 0.3 is 5.69 Å². The summed E-state index contributed by atoms with van der Waals surface area (Å²) in [5, 5.41) is 14.1. The van der Waals surface area contributed by atoms with Crippen LogP contribution in [0.3, 0.4) is 0 Å². The molecule has 186 valence electrons. The van der Waals surface area contributed by atoms with Crippen LogP contribution in [0.5, 0.6) is 5.75 Å². The Morgan fingerprint density at radius 1 is 1.00 bits per heavy atom. The second kappa shape index (κ2) is 10.9. The Morgan fingerprint density at radius 3 is 2.33 bits per heavy atom. The number of hydrogen-bond acceptors (Lipinski definition) is 6. The van der Waals surface area contributed by atoms with Crippen molar-refractivity contribution in [2.45, 2.75) is 13.8 Å². The molecule has 4 rings (SSSR count). The van der Waals surface area contributed by atoms with E-state index in [9.17, 15) is 19.7 Å². The topological polar surface area (TPSA) is 105 Å². The molecule has 1 aliphatic rings. The van der Waals surface area contributed by atoms with Gasteiger partial charge in [0, 0.05) is 54.7 Å². The van der Waals surface area contributed by atoms with E-state index in [1.165, 1.54) is 18.2 Å². The largest absolute Gasteiger partial charge is 0.487 e. The molecule has 3 aromatic rings. The summed E-state index contributed by atoms with van der Waals surface area (Å²) in [6.07, 6.45) is 0. The molecular formula is C27H28N4O5. The van der Waals surface area contributed by atoms with E-state index >= 15 is 0 Å². The van der Waals surface area contributed by atoms with Gasteiger partial charge in [-0.2, -0.15) is 0 Å². The molecule has 1 heterocycles. The van der Waals surface area contributed by atoms with Gasteiger partial charge in [0.05, 0.1) is 11.5 Å². The van der Waals surface area contributed by atoms with Gasteiger partial charge in [0.2, 0.25) is 0 Å². The maximum atomic E-state index is 12.9. The van der Waals surface area contributed by atoms with Crippen LogP contribution in [-0.2, 0) is 0 Å². The predicted molar refractivity (Wildman–Crippen MR) is 138 cm³/mol. The third-order valence-corrected chi connectivity index (χ3v) is 6.15. The molecule has 9 nitrogen and oxygen atoms in total. The molecule has 0 radical (unpaired) electrons. The van der Waals surface area contributed by atoms with Crippen LogP contribution in [0, 0.1) is 17.0 Å². The Balaban J connectivity index is 1.36. The first kappa shape index (κ1) is 24.7. The van der Waals surface area contributed by atoms with Crippen molar-refractivity contribution in [1.29, 1.82) is 0 Å². The first-order chi connectivity index (χ1) is 17.4. The van der Waals surface area contributed by atoms with Gasteiger partial charge in [-0.05, 0) is 61.9 Å². The van der Waals surface area contributed by atoms with E-state index in [4.69, 9.17) is 4.74 Å². The van der Waals surface area contributed by atoms with E-state index in [0.29, 0.717) is 31.9 Å². The lowest BCUT2D eigenvalue weighted by Crippen LogP contribution is -2.48. The van der Waals surface area contributed by atoms with E-state index in [1.54, 1.807) is 19.1 Å². The molecule has 36 heavy (non-hydrogen) atoms. The summed E-state index contributed by atoms with van der Waals surface area (Å²) in [6, 6.07) is 19.2. The van der Waals surface area contributed by atoms with Crippen molar-refractivity contribution in [3.63, 3.8) is 0 Å². The quantitative estimate of drug-likeness (QED) is 0.387. The normalized spacial score (nSPS) is 13.3. The molecule has 0 bridgehead atoms. The number of nitrogens with one attached hydrogen (secondary N) is 1. The van der Waals surface area contributed by atoms with E-state index in [-0.39, 0.29) is 29.5 Å². The predicted octanol–water partition coefficient (Wildman–Crippen LogP) is 4.52. The van der Waals surface area contributed by atoms with Crippen molar-refractivity contribution in [2.75, 3.05) is 43.0 Å². The van der Waals surface area contributed by atoms with Crippen molar-refractivity contribution in [1.82, 2.24) is 4.90 Å². The first-order valence-corrected chi connectivity index (χ1v) is 11.8. The number of nitro groups is 1. The zero-order valence-corrected chi connectivity index (χ0v) is 20.3. The highest BCUT2D eigenvalue weighted by atomic mass is 16.6. The zero-order valence-electron chi connectivity index (χ0n) is 20.3. The van der Waals surface area contributed by atoms with E-state index in [2.05, 4.69) is 10.2 Å². The fourth-order valence-electron chi connectivity index (χ4n) is 4.19. The molecule has 0 aromatic heterocycles. The van der Waals surface area contributed by atoms with E-state index in [1.807, 2.05) is 48.2 Å². The summed E-state index contributed by atoms with van der Waals surface area (Å²) in [4.78, 5) is 40.4. The third-order valence-electron chi connectivity index (χ3n) is 6.15. The number of anilines is 2. The van der Waals surface area contributed by atoms with Crippen molar-refractivity contribution in [3.8, 4) is 5.75 Å². The highest BCUT2D eigenvalue weighted by Crippen LogP contribution is 2.28. The van der Waals surface area contributed by atoms with Gasteiger partial charge in [-0.25, -0.2) is 0 Å². The Morgan fingerprint density at radius 2 is 1.69 bits per heavy atom. The molecule has 1 aliphatic heterocycles. The van der Waals surface area contributed by atoms with Crippen LogP contribution >= 0.6 is 0 Å². The van der Waals surface area contributed by atoms with Crippen LogP contribution in [-0.4, -0.2) is 54.4 Å². The Bertz CT molecular complexity index is 1270. The summed E-state index contributed by atoms with van der Waals surface area (Å²) in [5.41, 5.74) is 3.20. The maximum Gasteiger partial charge on any atom is 0.311 e. The van der Waals surface area contributed by atoms with Crippen LogP contribution in [0.2, 0.25) is 0 Å². The first-order valence-electron chi connectivity index (χ1n) is 11.8. The van der Waals surface area contributed by atoms with Crippen molar-refractivity contribution >= 4 is 28.9 Å². The average Bonchev–Trinajstić information content (AvgIpc) is 2.89. The highest BCUT2D eigenvalue weighted by Gasteiger charge is 2.23. The maximum absolute atomic E-state index is 12.9. The van der Waals surface area contributed by atoms with Crippen LogP contribution < -0.4 is 15.0 Å². The molecule has 0 unspecified atom stereocenters. The number of carbonyl (C=O) groups is 2. The molecule has 2 amide bonds. The molecular weight excluding hydrogens is 460 g/mol. The SMILES string of the molecule is CCOc1ccc(C(=O)Nc2ccc(N3CCN(C(=O)c4ccccc4C)CC3)cc2)cc1[N+](=O)[O-]. The second-order valence-electron chi connectivity index (χ2n) is 8.47. The monoisotopic (exact) mass is 488 g/mol. The molecule has 0 aliphatic carbocycles. The number of carbonyl (C=O) groups excluding carboxylic acids is 2. The average molecular weight is 489 g/mol. The lowest BCUT2D eigenvalue weighted by molar-refractivity contribution is -0.385. The van der Waals surface area contributed by atoms with Crippen LogP contribution in [0.25, 0.3) is 0 Å². The Labute approximate surface area is 209 Å². The third kappa shape index (κ3) is 5.46. The number of aryl methyl sites for hydroxylation is 1. The summed E-state index contributed by atoms with van der Waals surface area (Å²) in [7, 11) is 0. The number of nitrogens with zero attached hydrogens (tertiary/aromatic N) is 3. The number of rotatable bonds is 7. The minimum absolute atomic E-state index is 0.0559. The Hall–Kier alpha value is -4.40. The minimum Gasteiger partial charge on any atom is -0.487 e. The number of benzene rings is 3. The van der Waals surface area contributed by atoms with Crippen molar-refractivity contribution in [3.05, 3.63) is 93.5 Å². The van der Waals surface area contributed by atoms with E-state index < -0.39 is 10.8 Å². The van der Waals surface area contributed by atoms with Gasteiger partial charge < -0.3 is 19.9 Å². The van der Waals surface area contributed by atoms with Gasteiger partial charge in [-0.1, -0.05) is 18.2 Å². The number of amides is 2. The van der Waals surface area contributed by atoms with Crippen molar-refractivity contribution < 1.29 is 19.2 Å². The minimum atomic E-state index is -0.565. The van der Waals surface area contributed by atoms with Gasteiger partial charge in [-0.15, -0.1) is 0 Å². The van der Waals surface area contributed by atoms with Crippen LogP contribution in [0.4, 0.5) is 17.1 Å². The number of ether oxygens (including phenoxy) is 1. The van der Waals surface area contributed by atoms with Gasteiger partial charge in [0.1, 0.15) is 0 Å². The smallest absolute Gasteiger partial charge is 0.311 e. The zero-order chi connectivity index (χ0) is 25.7. The second-order valence-corrected chi connectivity index (χ2v) is 8.47. The van der Waals surface area contributed by atoms with Gasteiger partial charge in [-0.3, -0.25) is 19.7 Å². The number of nitro benzene ring substituents is 1. The lowest BCUT2D eigenvalue weighted by atomic mass is 10.1. The summed E-state index contributed by atoms with van der Waals surface area (Å²) < 4.78 is 5.27. The van der Waals surface area contributed by atoms with E-state index in [0.717, 1.165) is 16.8 Å². The molecule has 1 N–H and O–H groups in total. The summed E-state index contributed by atoms with van der Waals surface area (Å²) in [5.74, 6) is -0.262. The van der Waals surface area contributed by atoms with Gasteiger partial charge in [0.25, 0.3) is 11.8 Å². The molecule has 0 saturated carbocycles. The standard InChI is InChI=1S/C27H28N4O5/c1-3-36-25-13-8-20(18-24(25)31(34)35)26(32)28-21-9-11-22(12-10-21)29-14-16-30(17-15-29)27(33)23-7-5-4-6-19(23)2/h4-13,18H,3,14-17H2,1-2H3,(H,28,32). The molecule has 0 atom stereocenters. The molecule has 1 saturated heterocycles. The summed E-state index contributed by atoms with van der Waals surface area (Å²) >= 11 is 0. The lowest BCUT2D eigenvalue weighted by Gasteiger charge is -2.36. The fourth-order valence-corrected chi connectivity index (χ4v) is 4.19. The Kier molecular flexibility index (Phi) is 7.48. The number of hydrogen-bond donors (Lipinski definition) is 1. The molecule has 9 heteroatoms. The number of piperazine rings is 1. The van der Waals surface area contributed by atoms with Gasteiger partial charge in [0.15, 0.2) is 5.75 Å². The fraction of sp³-hybridized carbons (Fsp3) is 0.259. The summed E-state index contributed by atoms with van der Waals surface area (Å²) in [6.45, 7) is 6.64. The van der Waals surface area contributed by atoms with Crippen LogP contribution in [0.1, 0.15) is 33.2 Å². The van der Waals surface area contributed by atoms with Crippen molar-refractivity contribution in [2.24, 2.45) is 0 Å².